The molecule has 75 heavy (non-hydrogen) atoms. The highest BCUT2D eigenvalue weighted by Gasteiger charge is 2.14. The first-order valence-corrected chi connectivity index (χ1v) is 28.3. The molecule has 0 heterocycles. The van der Waals surface area contributed by atoms with E-state index >= 15 is 0 Å². The lowest BCUT2D eigenvalue weighted by molar-refractivity contribution is -0.145. The van der Waals surface area contributed by atoms with E-state index in [-0.39, 0.29) is 59.5 Å². The van der Waals surface area contributed by atoms with Crippen molar-refractivity contribution in [2.75, 3.05) is 26.4 Å². The Labute approximate surface area is 460 Å². The summed E-state index contributed by atoms with van der Waals surface area (Å²) in [7, 11) is 0. The topological polar surface area (TPSA) is 159 Å². The summed E-state index contributed by atoms with van der Waals surface area (Å²) in [5.41, 5.74) is 2.98. The molecule has 1 rings (SSSR count). The van der Waals surface area contributed by atoms with Gasteiger partial charge in [-0.1, -0.05) is 154 Å². The number of hydrogen-bond donors (Lipinski definition) is 1. The molecule has 0 aliphatic rings. The van der Waals surface area contributed by atoms with Crippen molar-refractivity contribution < 1.29 is 47.8 Å². The highest BCUT2D eigenvalue weighted by Crippen LogP contribution is 2.26. The van der Waals surface area contributed by atoms with Gasteiger partial charge in [-0.15, -0.1) is 0 Å². The zero-order valence-electron chi connectivity index (χ0n) is 52.0. The summed E-state index contributed by atoms with van der Waals surface area (Å²) in [4.78, 5) is 76.5. The molecule has 11 heteroatoms. The molecule has 1 aromatic carbocycles. The van der Waals surface area contributed by atoms with Crippen molar-refractivity contribution in [2.45, 2.75) is 267 Å². The van der Waals surface area contributed by atoms with Gasteiger partial charge in [-0.25, -0.2) is 4.79 Å². The molecule has 1 N–H and O–H groups in total. The smallest absolute Gasteiger partial charge is 0.344 e. The molecule has 0 atom stereocenters. The number of unbranched alkanes of at least 4 members (excludes halogenated alkanes) is 5. The van der Waals surface area contributed by atoms with E-state index in [1.54, 1.807) is 13.8 Å². The van der Waals surface area contributed by atoms with Gasteiger partial charge in [0.15, 0.2) is 6.61 Å². The van der Waals surface area contributed by atoms with Gasteiger partial charge in [0.1, 0.15) is 28.9 Å². The first-order chi connectivity index (χ1) is 34.4. The summed E-state index contributed by atoms with van der Waals surface area (Å²) < 4.78 is 15.1. The number of carbonyl (C=O) groups is 7. The lowest BCUT2D eigenvalue weighted by Crippen LogP contribution is -2.27. The van der Waals surface area contributed by atoms with Crippen LogP contribution in [0.3, 0.4) is 0 Å². The van der Waals surface area contributed by atoms with Crippen LogP contribution in [0.5, 0.6) is 5.75 Å². The van der Waals surface area contributed by atoms with Crippen LogP contribution < -0.4 is 10.1 Å². The zero-order valence-corrected chi connectivity index (χ0v) is 52.0. The summed E-state index contributed by atoms with van der Waals surface area (Å²) in [5.74, 6) is 0.889. The lowest BCUT2D eigenvalue weighted by atomic mass is 9.88. The van der Waals surface area contributed by atoms with E-state index in [0.29, 0.717) is 79.1 Å². The number of rotatable bonds is 29. The molecule has 0 saturated carbocycles. The van der Waals surface area contributed by atoms with Crippen LogP contribution in [0.25, 0.3) is 0 Å². The Balaban J connectivity index is -0.000000422. The summed E-state index contributed by atoms with van der Waals surface area (Å²) in [6.07, 6.45) is 22.8. The summed E-state index contributed by atoms with van der Waals surface area (Å²) in [6, 6.07) is 7.85. The second-order valence-corrected chi connectivity index (χ2v) is 26.0. The number of hydrogen-bond acceptors (Lipinski definition) is 10. The van der Waals surface area contributed by atoms with Crippen LogP contribution in [0, 0.1) is 27.1 Å². The fourth-order valence-electron chi connectivity index (χ4n) is 6.84. The fourth-order valence-corrected chi connectivity index (χ4v) is 6.84. The molecule has 0 unspecified atom stereocenters. The van der Waals surface area contributed by atoms with Gasteiger partial charge in [-0.05, 0) is 144 Å². The molecule has 11 nitrogen and oxygen atoms in total. The first-order valence-electron chi connectivity index (χ1n) is 28.3. The number of amides is 1. The Morgan fingerprint density at radius 1 is 0.493 bits per heavy atom. The van der Waals surface area contributed by atoms with Crippen molar-refractivity contribution in [1.82, 2.24) is 5.32 Å². The molecule has 1 aromatic rings. The van der Waals surface area contributed by atoms with E-state index in [9.17, 15) is 33.6 Å². The van der Waals surface area contributed by atoms with Crippen molar-refractivity contribution in [3.63, 3.8) is 0 Å². The largest absolute Gasteiger partial charge is 0.482 e. The summed E-state index contributed by atoms with van der Waals surface area (Å²) in [5, 5.41) is 2.59. The van der Waals surface area contributed by atoms with Gasteiger partial charge in [0.25, 0.3) is 0 Å². The molecule has 0 aliphatic heterocycles. The third kappa shape index (κ3) is 72.0. The number of carbonyl (C=O) groups excluding carboxylic acids is 7. The second-order valence-electron chi connectivity index (χ2n) is 26.0. The maximum atomic E-state index is 11.3. The standard InChI is InChI=1S/C15H22O3.C13H26O2.C12H23NO2.C12H22O2.C12H22O/c1-5-17-14(16)11-18-13-8-6-7-12(9-13)10-15(2,3)4;1-5-15-12(14)10-8-6-7-9-11-13(2,3)4;1-10(14)9-13-11(15)7-5-6-8-12(2,3)4;1-10(13)7-8-11(14)6-5-9-12(2,3)4;1-11(13)9-7-5-6-8-10-12(2,3)4/h6-9H,5,10-11H2,1-4H3;5-11H2,1-4H3;5-9H2,1-4H3,(H,13,15);5-9H2,1-4H3;5,7H,6,8-10H2,1-4H3/b;;;;7-5+. The average Bonchev–Trinajstić information content (AvgIpc) is 3.24. The molecule has 0 spiro atoms. The minimum atomic E-state index is -0.335. The molecule has 1 amide bonds. The molecular formula is C64H115NO10. The Kier molecular flexibility index (Phi) is 45.3. The van der Waals surface area contributed by atoms with Gasteiger partial charge < -0.3 is 24.3 Å². The predicted molar refractivity (Wildman–Crippen MR) is 313 cm³/mol. The van der Waals surface area contributed by atoms with Gasteiger partial charge in [0.05, 0.1) is 19.8 Å². The number of esters is 2. The fraction of sp³-hybridized carbons (Fsp3) is 0.766. The van der Waals surface area contributed by atoms with Gasteiger partial charge in [-0.3, -0.25) is 24.0 Å². The lowest BCUT2D eigenvalue weighted by Gasteiger charge is -2.18. The SMILES string of the molecule is CC(=O)C/C=C/CCCC(C)(C)C.CC(=O)CCC(=O)CCCC(C)(C)C.CC(=O)CNC(=O)CCCCC(C)(C)C.CCOC(=O)CCCCCCC(C)(C)C.CCOC(=O)COc1cccc(CC(C)(C)C)c1. The van der Waals surface area contributed by atoms with Gasteiger partial charge in [-0.2, -0.15) is 0 Å². The van der Waals surface area contributed by atoms with Crippen LogP contribution in [0.4, 0.5) is 0 Å². The Hall–Kier alpha value is -4.15. The average molecular weight is 1060 g/mol. The predicted octanol–water partition coefficient (Wildman–Crippen LogP) is 16.3. The van der Waals surface area contributed by atoms with Crippen LogP contribution in [-0.2, 0) is 49.5 Å². The van der Waals surface area contributed by atoms with Crippen molar-refractivity contribution in [2.24, 2.45) is 27.1 Å². The van der Waals surface area contributed by atoms with E-state index in [1.165, 1.54) is 51.5 Å². The van der Waals surface area contributed by atoms with Crippen molar-refractivity contribution in [1.29, 1.82) is 0 Å². The first kappa shape index (κ1) is 77.4. The minimum Gasteiger partial charge on any atom is -0.482 e. The van der Waals surface area contributed by atoms with Crippen LogP contribution >= 0.6 is 0 Å². The van der Waals surface area contributed by atoms with Crippen LogP contribution in [0.15, 0.2) is 36.4 Å². The van der Waals surface area contributed by atoms with Crippen molar-refractivity contribution >= 4 is 41.0 Å². The second kappa shape index (κ2) is 43.9. The minimum absolute atomic E-state index is 0.00181. The van der Waals surface area contributed by atoms with Gasteiger partial charge >= 0.3 is 11.9 Å². The molecule has 0 aliphatic carbocycles. The van der Waals surface area contributed by atoms with E-state index < -0.39 is 0 Å². The molecular weight excluding hydrogens is 943 g/mol. The molecule has 0 aromatic heterocycles. The number of nitrogens with one attached hydrogen (secondary N) is 1. The number of allylic oxidation sites excluding steroid dienone is 2. The zero-order chi connectivity index (χ0) is 58.7. The van der Waals surface area contributed by atoms with Crippen LogP contribution in [0.1, 0.15) is 266 Å². The van der Waals surface area contributed by atoms with E-state index in [4.69, 9.17) is 14.2 Å². The molecule has 0 bridgehead atoms. The maximum Gasteiger partial charge on any atom is 0.344 e. The van der Waals surface area contributed by atoms with Crippen molar-refractivity contribution in [3.05, 3.63) is 42.0 Å². The number of Topliss-reactive ketones (excluding diaryl/α,β-unsaturated/α-hetero) is 4. The molecule has 436 valence electrons. The molecule has 0 fully saturated rings. The highest BCUT2D eigenvalue weighted by molar-refractivity contribution is 5.85. The van der Waals surface area contributed by atoms with E-state index in [0.717, 1.165) is 57.8 Å². The monoisotopic (exact) mass is 1060 g/mol. The maximum absolute atomic E-state index is 11.3. The number of benzene rings is 1. The van der Waals surface area contributed by atoms with E-state index in [1.807, 2.05) is 31.2 Å². The van der Waals surface area contributed by atoms with Crippen molar-refractivity contribution in [3.8, 4) is 5.75 Å². The molecule has 0 saturated heterocycles. The van der Waals surface area contributed by atoms with Gasteiger partial charge in [0, 0.05) is 38.5 Å². The Morgan fingerprint density at radius 3 is 1.48 bits per heavy atom. The molecule has 0 radical (unpaired) electrons. The van der Waals surface area contributed by atoms with E-state index in [2.05, 4.69) is 121 Å². The Bertz CT molecular complexity index is 1730. The van der Waals surface area contributed by atoms with Gasteiger partial charge in [0.2, 0.25) is 5.91 Å². The Morgan fingerprint density at radius 2 is 0.987 bits per heavy atom. The third-order valence-electron chi connectivity index (χ3n) is 10.8. The normalized spacial score (nSPS) is 11.5. The summed E-state index contributed by atoms with van der Waals surface area (Å²) >= 11 is 0. The van der Waals surface area contributed by atoms with Crippen LogP contribution in [-0.4, -0.2) is 67.3 Å². The number of ether oxygens (including phenoxy) is 3. The third-order valence-corrected chi connectivity index (χ3v) is 10.8. The number of ketones is 4. The van der Waals surface area contributed by atoms with Crippen LogP contribution in [0.2, 0.25) is 0 Å². The quantitative estimate of drug-likeness (QED) is 0.0465. The highest BCUT2D eigenvalue weighted by atomic mass is 16.6. The summed E-state index contributed by atoms with van der Waals surface area (Å²) in [6.45, 7) is 42.5.